The number of nitrogens with two attached hydrogens (primary N) is 1. The molecule has 0 bridgehead atoms. The number of rotatable bonds is 11. The maximum Gasteiger partial charge on any atom is 0.459 e. The van der Waals surface area contributed by atoms with Crippen molar-refractivity contribution in [2.45, 2.75) is 71.2 Å². The summed E-state index contributed by atoms with van der Waals surface area (Å²) in [4.78, 5) is 27.8. The molecule has 2 fully saturated rings. The molecule has 2 aliphatic heterocycles. The number of fused-ring (bicyclic) bond motifs is 1. The molecular formula is C27H37FN7O6P. The van der Waals surface area contributed by atoms with E-state index in [2.05, 4.69) is 24.9 Å². The number of alkyl halides is 1. The molecule has 0 aliphatic carbocycles. The van der Waals surface area contributed by atoms with Crippen LogP contribution in [0.15, 0.2) is 36.7 Å². The summed E-state index contributed by atoms with van der Waals surface area (Å²) in [5.41, 5.74) is 7.03. The minimum Gasteiger partial charge on any atom is -0.462 e. The summed E-state index contributed by atoms with van der Waals surface area (Å²) in [6, 6.07) is 7.18. The van der Waals surface area contributed by atoms with E-state index >= 15 is 4.39 Å². The second-order valence-electron chi connectivity index (χ2n) is 11.0. The standard InChI is InChI=1S/C27H37FN7O6P/c1-17(2)39-25(36)19(4)33-42(37,41-20-10-6-5-7-11-20)38-15-27(28)14-18(3)24(40-27)35-16-30-21-22(34-12-8-9-13-34)31-26(29)32-23(21)35/h5-7,10-11,16-19,24H,8-9,12-15H2,1-4H3,(H,33,37)(H2,29,31,32)/t18-,19-,24+,27-,42-/m0/s1. The van der Waals surface area contributed by atoms with E-state index in [1.54, 1.807) is 55.1 Å². The highest BCUT2D eigenvalue weighted by molar-refractivity contribution is 7.52. The number of aromatic nitrogens is 4. The van der Waals surface area contributed by atoms with E-state index in [1.165, 1.54) is 6.92 Å². The van der Waals surface area contributed by atoms with Crippen molar-refractivity contribution in [2.24, 2.45) is 5.92 Å². The van der Waals surface area contributed by atoms with Crippen molar-refractivity contribution in [3.63, 3.8) is 0 Å². The first-order valence-corrected chi connectivity index (χ1v) is 15.6. The third-order valence-corrected chi connectivity index (χ3v) is 8.65. The zero-order valence-electron chi connectivity index (χ0n) is 24.1. The monoisotopic (exact) mass is 605 g/mol. The number of halogens is 1. The number of hydrogen-bond acceptors (Lipinski definition) is 11. The van der Waals surface area contributed by atoms with Gasteiger partial charge < -0.3 is 24.6 Å². The average Bonchev–Trinajstić information content (AvgIpc) is 3.67. The number of anilines is 2. The van der Waals surface area contributed by atoms with Crippen LogP contribution in [0.1, 0.15) is 53.2 Å². The number of benzene rings is 1. The Bertz CT molecular complexity index is 1450. The second-order valence-corrected chi connectivity index (χ2v) is 12.7. The number of hydrogen-bond donors (Lipinski definition) is 2. The van der Waals surface area contributed by atoms with Crippen molar-refractivity contribution in [1.29, 1.82) is 0 Å². The van der Waals surface area contributed by atoms with E-state index in [4.69, 9.17) is 24.3 Å². The van der Waals surface area contributed by atoms with Crippen LogP contribution in [-0.4, -0.2) is 63.2 Å². The van der Waals surface area contributed by atoms with Crippen molar-refractivity contribution in [3.8, 4) is 5.75 Å². The summed E-state index contributed by atoms with van der Waals surface area (Å²) < 4.78 is 54.0. The van der Waals surface area contributed by atoms with Gasteiger partial charge in [0.05, 0.1) is 12.4 Å². The first kappa shape index (κ1) is 30.1. The van der Waals surface area contributed by atoms with E-state index in [0.717, 1.165) is 25.9 Å². The van der Waals surface area contributed by atoms with Gasteiger partial charge in [0, 0.05) is 25.4 Å². The number of para-hydroxylation sites is 1. The van der Waals surface area contributed by atoms with Crippen molar-refractivity contribution in [2.75, 3.05) is 30.3 Å². The van der Waals surface area contributed by atoms with Crippen LogP contribution >= 0.6 is 7.75 Å². The number of esters is 1. The summed E-state index contributed by atoms with van der Waals surface area (Å²) in [5, 5.41) is 2.57. The fourth-order valence-electron chi connectivity index (χ4n) is 5.16. The quantitative estimate of drug-likeness (QED) is 0.236. The molecule has 5 rings (SSSR count). The first-order chi connectivity index (χ1) is 20.0. The number of carbonyl (C=O) groups is 1. The Hall–Kier alpha value is -3.32. The lowest BCUT2D eigenvalue weighted by atomic mass is 10.1. The highest BCUT2D eigenvalue weighted by atomic mass is 31.2. The van der Waals surface area contributed by atoms with Crippen molar-refractivity contribution < 1.29 is 32.3 Å². The van der Waals surface area contributed by atoms with Crippen LogP contribution in [0.4, 0.5) is 16.2 Å². The molecule has 3 aromatic rings. The predicted octanol–water partition coefficient (Wildman–Crippen LogP) is 4.36. The third kappa shape index (κ3) is 6.67. The third-order valence-electron chi connectivity index (χ3n) is 7.02. The van der Waals surface area contributed by atoms with Gasteiger partial charge in [-0.15, -0.1) is 0 Å². The van der Waals surface area contributed by atoms with Crippen LogP contribution in [0.2, 0.25) is 0 Å². The van der Waals surface area contributed by atoms with Crippen LogP contribution < -0.4 is 20.2 Å². The number of nitrogens with one attached hydrogen (secondary N) is 1. The molecule has 0 radical (unpaired) electrons. The lowest BCUT2D eigenvalue weighted by Crippen LogP contribution is -2.37. The van der Waals surface area contributed by atoms with Gasteiger partial charge in [-0.05, 0) is 45.7 Å². The molecule has 4 heterocycles. The van der Waals surface area contributed by atoms with E-state index in [9.17, 15) is 9.36 Å². The van der Waals surface area contributed by atoms with Gasteiger partial charge in [-0.3, -0.25) is 13.9 Å². The smallest absolute Gasteiger partial charge is 0.459 e. The van der Waals surface area contributed by atoms with E-state index < -0.39 is 38.4 Å². The Kier molecular flexibility index (Phi) is 8.70. The van der Waals surface area contributed by atoms with Crippen molar-refractivity contribution >= 4 is 36.6 Å². The maximum absolute atomic E-state index is 16.2. The van der Waals surface area contributed by atoms with E-state index in [-0.39, 0.29) is 30.1 Å². The Labute approximate surface area is 243 Å². The van der Waals surface area contributed by atoms with Gasteiger partial charge in [0.1, 0.15) is 24.6 Å². The van der Waals surface area contributed by atoms with Gasteiger partial charge in [0.2, 0.25) is 11.8 Å². The number of nitrogen functional groups attached to an aromatic ring is 1. The molecule has 2 aliphatic rings. The number of nitrogens with zero attached hydrogens (tertiary/aromatic N) is 5. The molecule has 13 nitrogen and oxygen atoms in total. The number of carbonyl (C=O) groups excluding carboxylic acids is 1. The predicted molar refractivity (Wildman–Crippen MR) is 153 cm³/mol. The molecular weight excluding hydrogens is 568 g/mol. The Morgan fingerprint density at radius 3 is 2.64 bits per heavy atom. The maximum atomic E-state index is 16.2. The van der Waals surface area contributed by atoms with Gasteiger partial charge in [0.15, 0.2) is 17.0 Å². The Morgan fingerprint density at radius 1 is 1.24 bits per heavy atom. The summed E-state index contributed by atoms with van der Waals surface area (Å²) in [7, 11) is -4.29. The summed E-state index contributed by atoms with van der Waals surface area (Å²) in [6.45, 7) is 7.61. The molecule has 5 atom stereocenters. The lowest BCUT2D eigenvalue weighted by molar-refractivity contribution is -0.173. The van der Waals surface area contributed by atoms with Crippen LogP contribution in [-0.2, 0) is 23.4 Å². The highest BCUT2D eigenvalue weighted by Crippen LogP contribution is 2.49. The minimum absolute atomic E-state index is 0.0762. The van der Waals surface area contributed by atoms with Gasteiger partial charge in [-0.1, -0.05) is 25.1 Å². The van der Waals surface area contributed by atoms with Gasteiger partial charge in [-0.25, -0.2) is 13.9 Å². The molecule has 2 aromatic heterocycles. The van der Waals surface area contributed by atoms with E-state index in [0.29, 0.717) is 17.0 Å². The number of ether oxygens (including phenoxy) is 2. The summed E-state index contributed by atoms with van der Waals surface area (Å²) in [6.07, 6.45) is 2.37. The molecule has 0 amide bonds. The molecule has 15 heteroatoms. The summed E-state index contributed by atoms with van der Waals surface area (Å²) in [5.74, 6) is -2.40. The van der Waals surface area contributed by atoms with Gasteiger partial charge >= 0.3 is 13.7 Å². The molecule has 3 N–H and O–H groups in total. The molecule has 0 spiro atoms. The topological polar surface area (TPSA) is 156 Å². The fraction of sp³-hybridized carbons (Fsp3) is 0.556. The average molecular weight is 606 g/mol. The first-order valence-electron chi connectivity index (χ1n) is 14.0. The zero-order valence-corrected chi connectivity index (χ0v) is 25.0. The minimum atomic E-state index is -4.29. The molecule has 42 heavy (non-hydrogen) atoms. The molecule has 1 aromatic carbocycles. The SMILES string of the molecule is CC(C)OC(=O)[C@H](C)N[P@](=O)(OC[C@]1(F)C[C@H](C)[C@H](n2cnc3c(N4CCCC4)nc(N)nc32)O1)Oc1ccccc1. The van der Waals surface area contributed by atoms with Gasteiger partial charge in [-0.2, -0.15) is 15.1 Å². The fourth-order valence-corrected chi connectivity index (χ4v) is 6.68. The van der Waals surface area contributed by atoms with E-state index in [1.807, 2.05) is 6.92 Å². The van der Waals surface area contributed by atoms with Crippen molar-refractivity contribution in [3.05, 3.63) is 36.7 Å². The highest BCUT2D eigenvalue weighted by Gasteiger charge is 2.49. The zero-order chi connectivity index (χ0) is 30.1. The number of imidazole rings is 1. The molecule has 0 saturated carbocycles. The summed E-state index contributed by atoms with van der Waals surface area (Å²) >= 11 is 0. The lowest BCUT2D eigenvalue weighted by Gasteiger charge is -2.26. The Morgan fingerprint density at radius 2 is 1.95 bits per heavy atom. The second kappa shape index (κ2) is 12.1. The molecule has 228 valence electrons. The largest absolute Gasteiger partial charge is 0.462 e. The molecule has 2 saturated heterocycles. The van der Waals surface area contributed by atoms with Crippen LogP contribution in [0, 0.1) is 5.92 Å². The van der Waals surface area contributed by atoms with Crippen LogP contribution in [0.5, 0.6) is 5.75 Å². The molecule has 0 unspecified atom stereocenters. The van der Waals surface area contributed by atoms with Crippen LogP contribution in [0.25, 0.3) is 11.2 Å². The van der Waals surface area contributed by atoms with Crippen LogP contribution in [0.3, 0.4) is 0 Å². The van der Waals surface area contributed by atoms with Crippen molar-refractivity contribution in [1.82, 2.24) is 24.6 Å². The Balaban J connectivity index is 1.34. The van der Waals surface area contributed by atoms with Gasteiger partial charge in [0.25, 0.3) is 0 Å². The normalized spacial score (nSPS) is 24.7.